The van der Waals surface area contributed by atoms with E-state index in [-0.39, 0.29) is 30.1 Å². The van der Waals surface area contributed by atoms with Crippen molar-refractivity contribution >= 4 is 35.6 Å². The first-order chi connectivity index (χ1) is 30.5. The summed E-state index contributed by atoms with van der Waals surface area (Å²) in [5.74, 6) is -0.110. The smallest absolute Gasteiger partial charge is 0.434 e. The van der Waals surface area contributed by atoms with Gasteiger partial charge in [-0.05, 0) is 61.2 Å². The van der Waals surface area contributed by atoms with Gasteiger partial charge in [0.2, 0.25) is 0 Å². The van der Waals surface area contributed by atoms with Crippen molar-refractivity contribution in [3.63, 3.8) is 0 Å². The number of ether oxygens (including phenoxy) is 4. The van der Waals surface area contributed by atoms with Gasteiger partial charge in [0.1, 0.15) is 17.6 Å². The zero-order chi connectivity index (χ0) is 46.6. The number of esters is 1. The third-order valence-electron chi connectivity index (χ3n) is 9.27. The van der Waals surface area contributed by atoms with Crippen molar-refractivity contribution in [1.29, 1.82) is 0 Å². The number of aromatic amines is 1. The van der Waals surface area contributed by atoms with E-state index in [1.54, 1.807) is 0 Å². The summed E-state index contributed by atoms with van der Waals surface area (Å²) in [6, 6.07) is 11.4. The number of unbranched alkanes of at least 4 members (excludes halogenated alkanes) is 9. The van der Waals surface area contributed by atoms with E-state index in [0.717, 1.165) is 23.8 Å². The van der Waals surface area contributed by atoms with Crippen LogP contribution in [0.2, 0.25) is 0 Å². The molecule has 3 unspecified atom stereocenters. The highest BCUT2D eigenvalue weighted by molar-refractivity contribution is 7.67. The number of nitrogens with zero attached hydrogens (tertiary/aromatic N) is 1. The van der Waals surface area contributed by atoms with Crippen LogP contribution in [0.1, 0.15) is 114 Å². The number of aromatic nitrogens is 2. The minimum absolute atomic E-state index is 0.123. The van der Waals surface area contributed by atoms with Gasteiger partial charge in [-0.3, -0.25) is 32.7 Å². The Bertz CT molecular complexity index is 2250. The molecule has 0 saturated heterocycles. The average molecular weight is 959 g/mol. The van der Waals surface area contributed by atoms with Gasteiger partial charge in [-0.15, -0.1) is 0 Å². The number of rotatable bonds is 29. The summed E-state index contributed by atoms with van der Waals surface area (Å²) in [4.78, 5) is 71.0. The van der Waals surface area contributed by atoms with E-state index in [1.165, 1.54) is 112 Å². The highest BCUT2D eigenvalue weighted by Gasteiger charge is 2.44. The molecular formula is C41H57N2O18P3. The van der Waals surface area contributed by atoms with Crippen LogP contribution in [-0.2, 0) is 63.4 Å². The van der Waals surface area contributed by atoms with Crippen molar-refractivity contribution in [1.82, 2.24) is 9.55 Å². The molecule has 4 rings (SSSR count). The number of hydrogen-bond donors (Lipinski definition) is 3. The molecule has 0 saturated carbocycles. The summed E-state index contributed by atoms with van der Waals surface area (Å²) in [6.45, 7) is 3.81. The van der Waals surface area contributed by atoms with Crippen LogP contribution in [0.15, 0.2) is 76.5 Å². The zero-order valence-corrected chi connectivity index (χ0v) is 38.7. The minimum atomic E-state index is -5.81. The minimum Gasteiger partial charge on any atom is -0.434 e. The highest BCUT2D eigenvalue weighted by atomic mass is 31.3. The molecular weight excluding hydrogens is 901 g/mol. The summed E-state index contributed by atoms with van der Waals surface area (Å²) < 4.78 is 86.8. The van der Waals surface area contributed by atoms with E-state index in [9.17, 15) is 42.7 Å². The molecule has 2 heterocycles. The van der Waals surface area contributed by atoms with Gasteiger partial charge in [0.25, 0.3) is 5.56 Å². The summed E-state index contributed by atoms with van der Waals surface area (Å²) in [5, 5.41) is 0. The quantitative estimate of drug-likeness (QED) is 0.0146. The third-order valence-corrected chi connectivity index (χ3v) is 13.9. The molecule has 20 nitrogen and oxygen atoms in total. The molecule has 0 radical (unpaired) electrons. The van der Waals surface area contributed by atoms with E-state index in [0.29, 0.717) is 24.0 Å². The predicted octanol–water partition coefficient (Wildman–Crippen LogP) is 9.23. The number of aryl methyl sites for hydroxylation is 1. The second-order valence-corrected chi connectivity index (χ2v) is 19.6. The third kappa shape index (κ3) is 19.2. The van der Waals surface area contributed by atoms with Crippen LogP contribution in [0.4, 0.5) is 4.79 Å². The number of nitrogens with one attached hydrogen (secondary N) is 1. The van der Waals surface area contributed by atoms with Crippen LogP contribution in [0.5, 0.6) is 11.5 Å². The van der Waals surface area contributed by atoms with Crippen LogP contribution in [0, 0.1) is 6.92 Å². The molecule has 64 heavy (non-hydrogen) atoms. The maximum atomic E-state index is 13.9. The molecule has 1 aromatic heterocycles. The Morgan fingerprint density at radius 1 is 0.719 bits per heavy atom. The molecule has 0 bridgehead atoms. The molecule has 0 aliphatic carbocycles. The van der Waals surface area contributed by atoms with Gasteiger partial charge in [-0.1, -0.05) is 102 Å². The fourth-order valence-corrected chi connectivity index (χ4v) is 9.97. The van der Waals surface area contributed by atoms with Crippen molar-refractivity contribution in [2.24, 2.45) is 0 Å². The number of hydrogen-bond acceptors (Lipinski definition) is 16. The standard InChI is InChI=1S/C41H57N2O18P3/c1-4-6-7-8-9-10-11-12-13-14-26-53-41(47)59-35-22-18-33(19-23-35)29-56-64(52,55-28-32-16-20-34(21-17-32)58-38(44)15-5-2)61-63(50,51)60-62(48,49)54-30-36-24-25-37(57-36)43-27-31(3)39(45)42-40(43)46/h16-25,27,36-37H,4-15,26,28-30H2,1-3H3,(H,48,49)(H,50,51)(H,42,45,46)/t36-,37+,64?/m0/s1. The summed E-state index contributed by atoms with van der Waals surface area (Å²) in [5.41, 5.74) is -0.544. The summed E-state index contributed by atoms with van der Waals surface area (Å²) in [7, 11) is -16.5. The Morgan fingerprint density at radius 3 is 1.86 bits per heavy atom. The topological polar surface area (TPSA) is 264 Å². The van der Waals surface area contributed by atoms with Crippen LogP contribution in [-0.4, -0.2) is 50.8 Å². The van der Waals surface area contributed by atoms with E-state index < -0.39 is 79.0 Å². The zero-order valence-electron chi connectivity index (χ0n) is 36.0. The Morgan fingerprint density at radius 2 is 1.28 bits per heavy atom. The van der Waals surface area contributed by atoms with E-state index in [1.807, 2.05) is 6.92 Å². The Balaban J connectivity index is 1.32. The van der Waals surface area contributed by atoms with Crippen molar-refractivity contribution in [2.75, 3.05) is 13.2 Å². The van der Waals surface area contributed by atoms with Gasteiger partial charge >= 0.3 is 41.3 Å². The van der Waals surface area contributed by atoms with Gasteiger partial charge in [-0.2, -0.15) is 8.62 Å². The lowest BCUT2D eigenvalue weighted by atomic mass is 10.1. The monoisotopic (exact) mass is 958 g/mol. The number of benzene rings is 2. The van der Waals surface area contributed by atoms with Crippen molar-refractivity contribution < 1.29 is 74.2 Å². The number of carbonyl (C=O) groups excluding carboxylic acids is 2. The number of carbonyl (C=O) groups is 2. The molecule has 1 aliphatic rings. The Labute approximate surface area is 371 Å². The molecule has 2 aromatic carbocycles. The average Bonchev–Trinajstić information content (AvgIpc) is 3.71. The first kappa shape index (κ1) is 52.6. The molecule has 23 heteroatoms. The van der Waals surface area contributed by atoms with Gasteiger partial charge in [0.15, 0.2) is 6.23 Å². The highest BCUT2D eigenvalue weighted by Crippen LogP contribution is 2.69. The van der Waals surface area contributed by atoms with Gasteiger partial charge in [0, 0.05) is 18.2 Å². The van der Waals surface area contributed by atoms with Crippen molar-refractivity contribution in [3.8, 4) is 11.5 Å². The van der Waals surface area contributed by atoms with Crippen molar-refractivity contribution in [2.45, 2.75) is 123 Å². The second-order valence-electron chi connectivity index (χ2n) is 14.7. The van der Waals surface area contributed by atoms with Crippen LogP contribution < -0.4 is 20.7 Å². The van der Waals surface area contributed by atoms with Gasteiger partial charge in [-0.25, -0.2) is 23.3 Å². The number of phosphoric acid groups is 3. The fraction of sp³-hybridized carbons (Fsp3) is 0.512. The van der Waals surface area contributed by atoms with Gasteiger partial charge < -0.3 is 28.7 Å². The summed E-state index contributed by atoms with van der Waals surface area (Å²) in [6.07, 6.45) is 13.2. The summed E-state index contributed by atoms with van der Waals surface area (Å²) >= 11 is 0. The van der Waals surface area contributed by atoms with Crippen molar-refractivity contribution in [3.05, 3.63) is 104 Å². The lowest BCUT2D eigenvalue weighted by molar-refractivity contribution is -0.134. The van der Waals surface area contributed by atoms with E-state index in [4.69, 9.17) is 36.8 Å². The number of H-pyrrole nitrogens is 1. The first-order valence-electron chi connectivity index (χ1n) is 21.0. The lowest BCUT2D eigenvalue weighted by Gasteiger charge is -2.22. The number of phosphoric ester groups is 2. The Hall–Kier alpha value is -4.03. The molecule has 3 N–H and O–H groups in total. The molecule has 5 atom stereocenters. The molecule has 0 spiro atoms. The maximum Gasteiger partial charge on any atom is 0.513 e. The first-order valence-corrected chi connectivity index (χ1v) is 25.4. The molecule has 1 aliphatic heterocycles. The Kier molecular flexibility index (Phi) is 21.5. The van der Waals surface area contributed by atoms with Crippen LogP contribution >= 0.6 is 23.5 Å². The normalized spacial score (nSPS) is 17.6. The predicted molar refractivity (Wildman–Crippen MR) is 231 cm³/mol. The van der Waals surface area contributed by atoms with E-state index >= 15 is 0 Å². The molecule has 0 amide bonds. The maximum absolute atomic E-state index is 13.9. The lowest BCUT2D eigenvalue weighted by Crippen LogP contribution is -2.33. The van der Waals surface area contributed by atoms with Crippen LogP contribution in [0.3, 0.4) is 0 Å². The fourth-order valence-electron chi connectivity index (χ4n) is 5.94. The largest absolute Gasteiger partial charge is 0.513 e. The molecule has 0 fully saturated rings. The van der Waals surface area contributed by atoms with E-state index in [2.05, 4.69) is 16.2 Å². The van der Waals surface area contributed by atoms with Crippen LogP contribution in [0.25, 0.3) is 0 Å². The molecule has 354 valence electrons. The van der Waals surface area contributed by atoms with Gasteiger partial charge in [0.05, 0.1) is 26.4 Å². The second kappa shape index (κ2) is 26.2. The SMILES string of the molecule is CCCCCCCCCCCCOC(=O)Oc1ccc(COP(=O)(OCc2ccc(OC(=O)CCC)cc2)OP(=O)(O)OP(=O)(O)OC[C@@H]2C=C[C@H](n3cc(C)c(=O)[nH]c3=O)O2)cc1. The molecule has 3 aromatic rings.